The van der Waals surface area contributed by atoms with Crippen LogP contribution in [0.3, 0.4) is 0 Å². The van der Waals surface area contributed by atoms with Crippen LogP contribution in [-0.2, 0) is 13.5 Å². The molecule has 8 nitrogen and oxygen atoms in total. The molecule has 4 heterocycles. The van der Waals surface area contributed by atoms with Gasteiger partial charge in [-0.15, -0.1) is 0 Å². The third-order valence-electron chi connectivity index (χ3n) is 5.12. The van der Waals surface area contributed by atoms with Gasteiger partial charge in [-0.1, -0.05) is 19.0 Å². The maximum absolute atomic E-state index is 5.52. The minimum atomic E-state index is 0.192. The van der Waals surface area contributed by atoms with Gasteiger partial charge in [0.15, 0.2) is 11.5 Å². The number of benzene rings is 1. The van der Waals surface area contributed by atoms with Crippen LogP contribution in [0.2, 0.25) is 0 Å². The van der Waals surface area contributed by atoms with Gasteiger partial charge >= 0.3 is 0 Å². The molecule has 1 aliphatic heterocycles. The Hall–Kier alpha value is -3.42. The zero-order valence-electron chi connectivity index (χ0n) is 16.2. The SMILES string of the molecule is COc1ccc2c(c1)-c1c(cnn1C)Cc1c(-c3nc(C(C)C)no3)ncn1-2. The van der Waals surface area contributed by atoms with Gasteiger partial charge in [-0.3, -0.25) is 4.68 Å². The molecule has 3 aromatic heterocycles. The maximum atomic E-state index is 5.52. The van der Waals surface area contributed by atoms with Crippen molar-refractivity contribution in [3.63, 3.8) is 0 Å². The summed E-state index contributed by atoms with van der Waals surface area (Å²) in [6, 6.07) is 6.03. The van der Waals surface area contributed by atoms with Gasteiger partial charge in [-0.25, -0.2) is 4.98 Å². The fraction of sp³-hybridized carbons (Fsp3) is 0.300. The van der Waals surface area contributed by atoms with E-state index in [9.17, 15) is 0 Å². The molecule has 0 N–H and O–H groups in total. The van der Waals surface area contributed by atoms with E-state index in [2.05, 4.69) is 24.8 Å². The summed E-state index contributed by atoms with van der Waals surface area (Å²) in [7, 11) is 3.63. The Kier molecular flexibility index (Phi) is 3.61. The number of rotatable bonds is 3. The summed E-state index contributed by atoms with van der Waals surface area (Å²) in [5, 5.41) is 8.57. The number of methoxy groups -OCH3 is 1. The molecule has 1 aromatic carbocycles. The van der Waals surface area contributed by atoms with Crippen molar-refractivity contribution in [3.05, 3.63) is 47.8 Å². The van der Waals surface area contributed by atoms with Crippen LogP contribution < -0.4 is 4.74 Å². The van der Waals surface area contributed by atoms with E-state index in [1.165, 1.54) is 0 Å². The third kappa shape index (κ3) is 2.37. The maximum Gasteiger partial charge on any atom is 0.278 e. The molecule has 5 rings (SSSR count). The highest BCUT2D eigenvalue weighted by Crippen LogP contribution is 2.39. The Morgan fingerprint density at radius 2 is 2.11 bits per heavy atom. The first-order valence-corrected chi connectivity index (χ1v) is 9.16. The monoisotopic (exact) mass is 376 g/mol. The van der Waals surface area contributed by atoms with Crippen molar-refractivity contribution in [1.82, 2.24) is 29.5 Å². The minimum Gasteiger partial charge on any atom is -0.497 e. The number of hydrogen-bond donors (Lipinski definition) is 0. The second-order valence-electron chi connectivity index (χ2n) is 7.22. The van der Waals surface area contributed by atoms with E-state index >= 15 is 0 Å². The van der Waals surface area contributed by atoms with Crippen LogP contribution in [0.4, 0.5) is 0 Å². The van der Waals surface area contributed by atoms with Crippen LogP contribution in [-0.4, -0.2) is 36.6 Å². The summed E-state index contributed by atoms with van der Waals surface area (Å²) in [5.41, 5.74) is 5.94. The van der Waals surface area contributed by atoms with E-state index in [1.54, 1.807) is 7.11 Å². The summed E-state index contributed by atoms with van der Waals surface area (Å²) < 4.78 is 15.0. The van der Waals surface area contributed by atoms with E-state index in [0.29, 0.717) is 23.8 Å². The molecule has 0 fully saturated rings. The van der Waals surface area contributed by atoms with Crippen molar-refractivity contribution >= 4 is 0 Å². The second kappa shape index (κ2) is 6.05. The van der Waals surface area contributed by atoms with Crippen molar-refractivity contribution in [1.29, 1.82) is 0 Å². The summed E-state index contributed by atoms with van der Waals surface area (Å²) >= 11 is 0. The Balaban J connectivity index is 1.75. The summed E-state index contributed by atoms with van der Waals surface area (Å²) in [5.74, 6) is 2.11. The molecule has 0 aliphatic carbocycles. The fourth-order valence-corrected chi connectivity index (χ4v) is 3.68. The van der Waals surface area contributed by atoms with Crippen molar-refractivity contribution in [2.24, 2.45) is 7.05 Å². The highest BCUT2D eigenvalue weighted by molar-refractivity contribution is 5.77. The van der Waals surface area contributed by atoms with Crippen molar-refractivity contribution < 1.29 is 9.26 Å². The van der Waals surface area contributed by atoms with Gasteiger partial charge in [0.2, 0.25) is 0 Å². The predicted molar refractivity (Wildman–Crippen MR) is 103 cm³/mol. The van der Waals surface area contributed by atoms with Crippen molar-refractivity contribution in [2.75, 3.05) is 7.11 Å². The number of imidazole rings is 1. The summed E-state index contributed by atoms with van der Waals surface area (Å²) in [6.45, 7) is 4.07. The quantitative estimate of drug-likeness (QED) is 0.480. The molecule has 0 radical (unpaired) electrons. The summed E-state index contributed by atoms with van der Waals surface area (Å²) in [4.78, 5) is 9.15. The van der Waals surface area contributed by atoms with Gasteiger partial charge in [-0.2, -0.15) is 10.1 Å². The first-order valence-electron chi connectivity index (χ1n) is 9.16. The van der Waals surface area contributed by atoms with Crippen LogP contribution in [0, 0.1) is 0 Å². The molecule has 4 aromatic rings. The molecule has 1 aliphatic rings. The molecule has 142 valence electrons. The van der Waals surface area contributed by atoms with E-state index in [0.717, 1.165) is 34.0 Å². The van der Waals surface area contributed by atoms with E-state index < -0.39 is 0 Å². The van der Waals surface area contributed by atoms with Crippen LogP contribution in [0.1, 0.15) is 36.8 Å². The van der Waals surface area contributed by atoms with Gasteiger partial charge in [0, 0.05) is 30.5 Å². The molecular formula is C20H20N6O2. The van der Waals surface area contributed by atoms with Crippen LogP contribution in [0.5, 0.6) is 5.75 Å². The Labute approximate surface area is 161 Å². The number of hydrogen-bond acceptors (Lipinski definition) is 6. The molecular weight excluding hydrogens is 356 g/mol. The predicted octanol–water partition coefficient (Wildman–Crippen LogP) is 3.36. The molecule has 0 unspecified atom stereocenters. The smallest absolute Gasteiger partial charge is 0.278 e. The molecule has 0 saturated heterocycles. The molecule has 0 atom stereocenters. The number of aryl methyl sites for hydroxylation is 1. The van der Waals surface area contributed by atoms with Gasteiger partial charge in [0.25, 0.3) is 5.89 Å². The topological polar surface area (TPSA) is 83.8 Å². The molecule has 0 spiro atoms. The van der Waals surface area contributed by atoms with Crippen molar-refractivity contribution in [2.45, 2.75) is 26.2 Å². The fourth-order valence-electron chi connectivity index (χ4n) is 3.68. The average Bonchev–Trinajstić information content (AvgIpc) is 3.39. The van der Waals surface area contributed by atoms with Crippen molar-refractivity contribution in [3.8, 4) is 34.3 Å². The Bertz CT molecular complexity index is 1180. The lowest BCUT2D eigenvalue weighted by molar-refractivity contribution is 0.415. The minimum absolute atomic E-state index is 0.192. The van der Waals surface area contributed by atoms with Crippen LogP contribution >= 0.6 is 0 Å². The number of nitrogens with zero attached hydrogens (tertiary/aromatic N) is 6. The van der Waals surface area contributed by atoms with Gasteiger partial charge in [-0.05, 0) is 18.2 Å². The highest BCUT2D eigenvalue weighted by atomic mass is 16.5. The van der Waals surface area contributed by atoms with E-state index in [-0.39, 0.29) is 5.92 Å². The molecule has 0 amide bonds. The first-order chi connectivity index (χ1) is 13.6. The summed E-state index contributed by atoms with van der Waals surface area (Å²) in [6.07, 6.45) is 4.38. The Morgan fingerprint density at radius 3 is 2.86 bits per heavy atom. The van der Waals surface area contributed by atoms with Gasteiger partial charge < -0.3 is 13.8 Å². The standard InChI is InChI=1S/C20H20N6O2/c1-11(2)19-23-20(28-24-19)17-16-7-12-9-22-25(3)18(12)14-8-13(27-4)5-6-15(14)26(16)10-21-17/h5-6,8-11H,7H2,1-4H3. The number of ether oxygens (including phenoxy) is 1. The number of fused-ring (bicyclic) bond motifs is 5. The van der Waals surface area contributed by atoms with Gasteiger partial charge in [0.1, 0.15) is 12.1 Å². The number of aromatic nitrogens is 6. The van der Waals surface area contributed by atoms with E-state index in [4.69, 9.17) is 9.26 Å². The lowest BCUT2D eigenvalue weighted by atomic mass is 10.0. The zero-order chi connectivity index (χ0) is 19.4. The van der Waals surface area contributed by atoms with Crippen LogP contribution in [0.25, 0.3) is 28.5 Å². The normalized spacial score (nSPS) is 12.5. The third-order valence-corrected chi connectivity index (χ3v) is 5.12. The first kappa shape index (κ1) is 16.7. The van der Waals surface area contributed by atoms with E-state index in [1.807, 2.05) is 56.3 Å². The molecule has 28 heavy (non-hydrogen) atoms. The zero-order valence-corrected chi connectivity index (χ0v) is 16.2. The molecule has 0 saturated carbocycles. The van der Waals surface area contributed by atoms with Crippen LogP contribution in [0.15, 0.2) is 35.2 Å². The second-order valence-corrected chi connectivity index (χ2v) is 7.22. The highest BCUT2D eigenvalue weighted by Gasteiger charge is 2.27. The lowest BCUT2D eigenvalue weighted by Gasteiger charge is -2.12. The van der Waals surface area contributed by atoms with Gasteiger partial charge in [0.05, 0.1) is 30.4 Å². The lowest BCUT2D eigenvalue weighted by Crippen LogP contribution is -2.01. The largest absolute Gasteiger partial charge is 0.497 e. The average molecular weight is 376 g/mol. The molecule has 0 bridgehead atoms. The molecule has 8 heteroatoms. The Morgan fingerprint density at radius 1 is 1.25 bits per heavy atom.